The Morgan fingerprint density at radius 1 is 1.31 bits per heavy atom. The highest BCUT2D eigenvalue weighted by Gasteiger charge is 2.30. The minimum Gasteiger partial charge on any atom is -0.389 e. The monoisotopic (exact) mass is 354 g/mol. The van der Waals surface area contributed by atoms with Gasteiger partial charge in [-0.05, 0) is 31.9 Å². The lowest BCUT2D eigenvalue weighted by Crippen LogP contribution is -2.54. The van der Waals surface area contributed by atoms with Gasteiger partial charge in [0.25, 0.3) is 5.91 Å². The Morgan fingerprint density at radius 2 is 2.08 bits per heavy atom. The second-order valence-corrected chi connectivity index (χ2v) is 6.76. The van der Waals surface area contributed by atoms with Crippen molar-refractivity contribution >= 4 is 11.7 Å². The molecule has 6 nitrogen and oxygen atoms in total. The number of piperidine rings is 1. The lowest BCUT2D eigenvalue weighted by Gasteiger charge is -2.37. The molecule has 26 heavy (non-hydrogen) atoms. The summed E-state index contributed by atoms with van der Waals surface area (Å²) < 4.78 is 0. The lowest BCUT2D eigenvalue weighted by atomic mass is 10.0. The number of aromatic nitrogens is 2. The molecule has 0 unspecified atom stereocenters. The van der Waals surface area contributed by atoms with Gasteiger partial charge in [-0.25, -0.2) is 9.97 Å². The van der Waals surface area contributed by atoms with E-state index >= 15 is 0 Å². The Hall–Kier alpha value is -2.47. The molecular formula is C20H26N4O2. The van der Waals surface area contributed by atoms with Gasteiger partial charge in [-0.2, -0.15) is 0 Å². The largest absolute Gasteiger partial charge is 0.389 e. The number of nitrogens with one attached hydrogen (secondary N) is 1. The summed E-state index contributed by atoms with van der Waals surface area (Å²) in [6.45, 7) is 5.20. The fraction of sp³-hybridized carbons (Fsp3) is 0.450. The van der Waals surface area contributed by atoms with Crippen LogP contribution in [0.2, 0.25) is 0 Å². The third-order valence-electron chi connectivity index (χ3n) is 4.64. The Kier molecular flexibility index (Phi) is 5.83. The number of β-amino-alcohol motifs (C(OH)–C–C–N with tert-alkyl or cyclic N) is 1. The van der Waals surface area contributed by atoms with Crippen LogP contribution < -0.4 is 10.2 Å². The van der Waals surface area contributed by atoms with Gasteiger partial charge in [0.2, 0.25) is 0 Å². The molecule has 1 aromatic carbocycles. The maximum Gasteiger partial charge on any atom is 0.251 e. The molecule has 1 amide bonds. The fourth-order valence-corrected chi connectivity index (χ4v) is 3.31. The predicted molar refractivity (Wildman–Crippen MR) is 101 cm³/mol. The van der Waals surface area contributed by atoms with E-state index in [9.17, 15) is 9.90 Å². The van der Waals surface area contributed by atoms with Crippen LogP contribution in [0.4, 0.5) is 5.82 Å². The van der Waals surface area contributed by atoms with Crippen molar-refractivity contribution in [1.29, 1.82) is 0 Å². The summed E-state index contributed by atoms with van der Waals surface area (Å²) in [4.78, 5) is 23.4. The maximum absolute atomic E-state index is 12.3. The molecule has 0 radical (unpaired) electrons. The second kappa shape index (κ2) is 8.27. The summed E-state index contributed by atoms with van der Waals surface area (Å²) in [5.41, 5.74) is 1.64. The van der Waals surface area contributed by atoms with Crippen molar-refractivity contribution in [3.63, 3.8) is 0 Å². The van der Waals surface area contributed by atoms with Crippen molar-refractivity contribution in [2.24, 2.45) is 0 Å². The molecule has 0 spiro atoms. The van der Waals surface area contributed by atoms with Crippen molar-refractivity contribution in [2.75, 3.05) is 18.0 Å². The Bertz CT molecular complexity index is 751. The summed E-state index contributed by atoms with van der Waals surface area (Å²) >= 11 is 0. The third kappa shape index (κ3) is 4.38. The Morgan fingerprint density at radius 3 is 2.77 bits per heavy atom. The maximum atomic E-state index is 12.3. The molecule has 0 saturated carbocycles. The fourth-order valence-electron chi connectivity index (χ4n) is 3.31. The number of aliphatic hydroxyl groups is 1. The van der Waals surface area contributed by atoms with Crippen LogP contribution in [-0.4, -0.2) is 46.2 Å². The number of aliphatic hydroxyl groups excluding tert-OH is 1. The number of carbonyl (C=O) groups excluding carboxylic acids is 1. The number of aryl methyl sites for hydroxylation is 2. The molecule has 2 atom stereocenters. The number of benzene rings is 1. The van der Waals surface area contributed by atoms with Gasteiger partial charge in [0.15, 0.2) is 0 Å². The van der Waals surface area contributed by atoms with Gasteiger partial charge in [-0.1, -0.05) is 31.5 Å². The van der Waals surface area contributed by atoms with E-state index in [1.165, 1.54) is 0 Å². The SMILES string of the molecule is CCCc1cc(N2CC[C@@H](NC(=O)c3ccccc3)[C@H](O)C2)nc(C)n1. The van der Waals surface area contributed by atoms with Gasteiger partial charge >= 0.3 is 0 Å². The van der Waals surface area contributed by atoms with Crippen molar-refractivity contribution in [3.8, 4) is 0 Å². The van der Waals surface area contributed by atoms with Gasteiger partial charge in [0.05, 0.1) is 12.1 Å². The number of nitrogens with zero attached hydrogens (tertiary/aromatic N) is 3. The minimum absolute atomic E-state index is 0.147. The lowest BCUT2D eigenvalue weighted by molar-refractivity contribution is 0.0797. The standard InChI is InChI=1S/C20H26N4O2/c1-3-7-16-12-19(22-14(2)21-16)24-11-10-17(18(25)13-24)23-20(26)15-8-5-4-6-9-15/h4-6,8-9,12,17-18,25H,3,7,10-11,13H2,1-2H3,(H,23,26)/t17-,18-/m1/s1. The Labute approximate surface area is 154 Å². The molecule has 0 bridgehead atoms. The van der Waals surface area contributed by atoms with E-state index in [4.69, 9.17) is 0 Å². The first kappa shape index (κ1) is 18.3. The van der Waals surface area contributed by atoms with Gasteiger partial charge < -0.3 is 15.3 Å². The van der Waals surface area contributed by atoms with Crippen LogP contribution in [0.15, 0.2) is 36.4 Å². The number of hydrogen-bond donors (Lipinski definition) is 2. The van der Waals surface area contributed by atoms with E-state index in [1.807, 2.05) is 31.2 Å². The van der Waals surface area contributed by atoms with Crippen LogP contribution >= 0.6 is 0 Å². The zero-order valence-electron chi connectivity index (χ0n) is 15.4. The zero-order chi connectivity index (χ0) is 18.5. The highest BCUT2D eigenvalue weighted by Crippen LogP contribution is 2.20. The summed E-state index contributed by atoms with van der Waals surface area (Å²) in [6, 6.07) is 10.8. The van der Waals surface area contributed by atoms with E-state index < -0.39 is 6.10 Å². The third-order valence-corrected chi connectivity index (χ3v) is 4.64. The zero-order valence-corrected chi connectivity index (χ0v) is 15.4. The number of carbonyl (C=O) groups is 1. The van der Waals surface area contributed by atoms with Crippen LogP contribution in [0.3, 0.4) is 0 Å². The number of rotatable bonds is 5. The summed E-state index contributed by atoms with van der Waals surface area (Å²) in [6.07, 6.45) is 1.99. The normalized spacial score (nSPS) is 20.0. The molecule has 6 heteroatoms. The van der Waals surface area contributed by atoms with Crippen LogP contribution in [0.25, 0.3) is 0 Å². The number of hydrogen-bond acceptors (Lipinski definition) is 5. The molecule has 138 valence electrons. The molecule has 1 saturated heterocycles. The topological polar surface area (TPSA) is 78.4 Å². The van der Waals surface area contributed by atoms with Crippen LogP contribution in [0, 0.1) is 6.92 Å². The molecule has 1 aliphatic heterocycles. The molecule has 1 aliphatic rings. The smallest absolute Gasteiger partial charge is 0.251 e. The first-order valence-corrected chi connectivity index (χ1v) is 9.20. The van der Waals surface area contributed by atoms with Crippen molar-refractivity contribution < 1.29 is 9.90 Å². The summed E-state index contributed by atoms with van der Waals surface area (Å²) in [7, 11) is 0. The van der Waals surface area contributed by atoms with Crippen molar-refractivity contribution in [3.05, 3.63) is 53.5 Å². The molecule has 2 N–H and O–H groups in total. The van der Waals surface area contributed by atoms with Crippen LogP contribution in [-0.2, 0) is 6.42 Å². The highest BCUT2D eigenvalue weighted by molar-refractivity contribution is 5.94. The van der Waals surface area contributed by atoms with Gasteiger partial charge in [-0.15, -0.1) is 0 Å². The van der Waals surface area contributed by atoms with E-state index in [1.54, 1.807) is 12.1 Å². The highest BCUT2D eigenvalue weighted by atomic mass is 16.3. The second-order valence-electron chi connectivity index (χ2n) is 6.76. The van der Waals surface area contributed by atoms with E-state index in [0.717, 1.165) is 36.7 Å². The molecule has 1 fully saturated rings. The van der Waals surface area contributed by atoms with E-state index in [2.05, 4.69) is 27.1 Å². The minimum atomic E-state index is -0.638. The number of amides is 1. The predicted octanol–water partition coefficient (Wildman–Crippen LogP) is 2.11. The van der Waals surface area contributed by atoms with Gasteiger partial charge in [-0.3, -0.25) is 4.79 Å². The van der Waals surface area contributed by atoms with Crippen LogP contribution in [0.5, 0.6) is 0 Å². The summed E-state index contributed by atoms with van der Waals surface area (Å²) in [5, 5.41) is 13.5. The number of anilines is 1. The molecule has 1 aromatic heterocycles. The summed E-state index contributed by atoms with van der Waals surface area (Å²) in [5.74, 6) is 1.46. The Balaban J connectivity index is 1.64. The average molecular weight is 354 g/mol. The molecule has 2 heterocycles. The van der Waals surface area contributed by atoms with Crippen molar-refractivity contribution in [1.82, 2.24) is 15.3 Å². The van der Waals surface area contributed by atoms with Crippen LogP contribution in [0.1, 0.15) is 41.6 Å². The quantitative estimate of drug-likeness (QED) is 0.860. The van der Waals surface area contributed by atoms with Gasteiger partial charge in [0, 0.05) is 30.4 Å². The first-order chi connectivity index (χ1) is 12.6. The molecule has 2 aromatic rings. The average Bonchev–Trinajstić information content (AvgIpc) is 2.64. The first-order valence-electron chi connectivity index (χ1n) is 9.20. The molecule has 3 rings (SSSR count). The van der Waals surface area contributed by atoms with Gasteiger partial charge in [0.1, 0.15) is 11.6 Å². The van der Waals surface area contributed by atoms with E-state index in [0.29, 0.717) is 18.5 Å². The molecule has 0 aliphatic carbocycles. The van der Waals surface area contributed by atoms with Crippen molar-refractivity contribution in [2.45, 2.75) is 45.3 Å². The van der Waals surface area contributed by atoms with E-state index in [-0.39, 0.29) is 11.9 Å². The molecular weight excluding hydrogens is 328 g/mol.